The third kappa shape index (κ3) is 3.53. The largest absolute Gasteiger partial charge is 0.288 e. The van der Waals surface area contributed by atoms with Crippen molar-refractivity contribution in [2.45, 2.75) is 0 Å². The van der Waals surface area contributed by atoms with Gasteiger partial charge >= 0.3 is 0 Å². The van der Waals surface area contributed by atoms with Crippen LogP contribution >= 0.6 is 38.9 Å². The molecular weight excluding hydrogens is 366 g/mol. The molecule has 0 amide bonds. The van der Waals surface area contributed by atoms with Crippen LogP contribution in [0.5, 0.6) is 0 Å². The minimum absolute atomic E-state index is 0.0701. The normalized spacial score (nSPS) is 10.9. The van der Waals surface area contributed by atoms with E-state index in [1.165, 1.54) is 35.6 Å². The molecule has 0 saturated carbocycles. The Morgan fingerprint density at radius 3 is 2.70 bits per heavy atom. The van der Waals surface area contributed by atoms with E-state index in [0.29, 0.717) is 10.4 Å². The maximum absolute atomic E-state index is 11.9. The van der Waals surface area contributed by atoms with Crippen molar-refractivity contribution in [1.29, 1.82) is 0 Å². The number of halogens is 2. The molecule has 0 saturated heterocycles. The molecule has 0 unspecified atom stereocenters. The van der Waals surface area contributed by atoms with Crippen LogP contribution in [0.4, 0.5) is 5.69 Å². The standard InChI is InChI=1S/C13H7BrClNO3S/c14-13-6-5-12(20-13)11(17)4-2-8-1-3-9(15)10(7-8)16(18)19/h1-7H/b4-2+. The van der Waals surface area contributed by atoms with Gasteiger partial charge < -0.3 is 0 Å². The molecule has 0 spiro atoms. The topological polar surface area (TPSA) is 60.2 Å². The minimum atomic E-state index is -0.558. The fraction of sp³-hybridized carbons (Fsp3) is 0. The highest BCUT2D eigenvalue weighted by molar-refractivity contribution is 9.11. The first-order chi connectivity index (χ1) is 9.47. The van der Waals surface area contributed by atoms with Gasteiger partial charge in [0.2, 0.25) is 0 Å². The molecule has 1 aromatic heterocycles. The Balaban J connectivity index is 2.21. The number of carbonyl (C=O) groups excluding carboxylic acids is 1. The van der Waals surface area contributed by atoms with Crippen LogP contribution in [-0.4, -0.2) is 10.7 Å². The lowest BCUT2D eigenvalue weighted by Crippen LogP contribution is -1.91. The molecule has 0 fully saturated rings. The molecule has 1 heterocycles. The average Bonchev–Trinajstić information content (AvgIpc) is 2.84. The zero-order valence-corrected chi connectivity index (χ0v) is 13.0. The Morgan fingerprint density at radius 1 is 1.35 bits per heavy atom. The van der Waals surface area contributed by atoms with Crippen LogP contribution in [0, 0.1) is 10.1 Å². The van der Waals surface area contributed by atoms with Crippen molar-refractivity contribution in [3.05, 3.63) is 65.8 Å². The lowest BCUT2D eigenvalue weighted by molar-refractivity contribution is -0.384. The molecule has 0 aliphatic heterocycles. The molecular formula is C13H7BrClNO3S. The number of nitro groups is 1. The molecule has 2 rings (SSSR count). The first-order valence-corrected chi connectivity index (χ1v) is 7.38. The smallest absolute Gasteiger partial charge is 0.288 e. The lowest BCUT2D eigenvalue weighted by atomic mass is 10.1. The number of ketones is 1. The van der Waals surface area contributed by atoms with Gasteiger partial charge in [-0.05, 0) is 45.8 Å². The van der Waals surface area contributed by atoms with Gasteiger partial charge in [0.05, 0.1) is 13.6 Å². The highest BCUT2D eigenvalue weighted by Crippen LogP contribution is 2.26. The maximum Gasteiger partial charge on any atom is 0.288 e. The van der Waals surface area contributed by atoms with E-state index < -0.39 is 4.92 Å². The van der Waals surface area contributed by atoms with Crippen LogP contribution < -0.4 is 0 Å². The Morgan fingerprint density at radius 2 is 2.10 bits per heavy atom. The summed E-state index contributed by atoms with van der Waals surface area (Å²) in [6, 6.07) is 7.89. The van der Waals surface area contributed by atoms with Crippen LogP contribution in [0.15, 0.2) is 40.2 Å². The molecule has 0 bridgehead atoms. The number of carbonyl (C=O) groups is 1. The number of hydrogen-bond donors (Lipinski definition) is 0. The fourth-order valence-corrected chi connectivity index (χ4v) is 2.97. The Labute approximate surface area is 132 Å². The van der Waals surface area contributed by atoms with Gasteiger partial charge in [0, 0.05) is 6.07 Å². The average molecular weight is 373 g/mol. The molecule has 7 heteroatoms. The summed E-state index contributed by atoms with van der Waals surface area (Å²) in [5, 5.41) is 10.8. The number of hydrogen-bond acceptors (Lipinski definition) is 4. The van der Waals surface area contributed by atoms with Gasteiger partial charge in [0.1, 0.15) is 5.02 Å². The predicted molar refractivity (Wildman–Crippen MR) is 83.5 cm³/mol. The molecule has 102 valence electrons. The number of nitro benzene ring substituents is 1. The molecule has 20 heavy (non-hydrogen) atoms. The van der Waals surface area contributed by atoms with Gasteiger partial charge in [0.25, 0.3) is 5.69 Å². The Bertz CT molecular complexity index is 711. The zero-order valence-electron chi connectivity index (χ0n) is 9.88. The van der Waals surface area contributed by atoms with Crippen molar-refractivity contribution >= 4 is 56.4 Å². The van der Waals surface area contributed by atoms with Crippen molar-refractivity contribution < 1.29 is 9.72 Å². The van der Waals surface area contributed by atoms with Gasteiger partial charge in [-0.1, -0.05) is 23.7 Å². The molecule has 4 nitrogen and oxygen atoms in total. The van der Waals surface area contributed by atoms with Crippen LogP contribution in [0.2, 0.25) is 5.02 Å². The third-order valence-electron chi connectivity index (χ3n) is 2.41. The summed E-state index contributed by atoms with van der Waals surface area (Å²) in [5.41, 5.74) is 0.366. The predicted octanol–water partition coefficient (Wildman–Crippen LogP) is 4.97. The van der Waals surface area contributed by atoms with Gasteiger partial charge in [-0.25, -0.2) is 0 Å². The third-order valence-corrected chi connectivity index (χ3v) is 4.37. The second kappa shape index (κ2) is 6.30. The number of rotatable bonds is 4. The Kier molecular flexibility index (Phi) is 4.69. The molecule has 0 aliphatic carbocycles. The van der Waals surface area contributed by atoms with Crippen molar-refractivity contribution in [2.24, 2.45) is 0 Å². The van der Waals surface area contributed by atoms with Gasteiger partial charge in [0.15, 0.2) is 5.78 Å². The van der Waals surface area contributed by atoms with Crippen molar-refractivity contribution in [1.82, 2.24) is 0 Å². The van der Waals surface area contributed by atoms with Crippen molar-refractivity contribution in [2.75, 3.05) is 0 Å². The highest BCUT2D eigenvalue weighted by Gasteiger charge is 2.12. The highest BCUT2D eigenvalue weighted by atomic mass is 79.9. The Hall–Kier alpha value is -1.50. The summed E-state index contributed by atoms with van der Waals surface area (Å²) in [7, 11) is 0. The van der Waals surface area contributed by atoms with Gasteiger partial charge in [-0.3, -0.25) is 14.9 Å². The van der Waals surface area contributed by atoms with E-state index in [1.54, 1.807) is 18.2 Å². The van der Waals surface area contributed by atoms with Crippen LogP contribution in [0.25, 0.3) is 6.08 Å². The summed E-state index contributed by atoms with van der Waals surface area (Å²) in [5.74, 6) is -0.154. The summed E-state index contributed by atoms with van der Waals surface area (Å²) >= 11 is 10.3. The van der Waals surface area contributed by atoms with Crippen LogP contribution in [-0.2, 0) is 0 Å². The van der Waals surface area contributed by atoms with Gasteiger partial charge in [-0.15, -0.1) is 11.3 Å². The van der Waals surface area contributed by atoms with Crippen molar-refractivity contribution in [3.8, 4) is 0 Å². The summed E-state index contributed by atoms with van der Waals surface area (Å²) in [6.07, 6.45) is 2.91. The second-order valence-corrected chi connectivity index (χ2v) is 6.64. The molecule has 0 N–H and O–H groups in total. The van der Waals surface area contributed by atoms with E-state index in [2.05, 4.69) is 15.9 Å². The quantitative estimate of drug-likeness (QED) is 0.329. The van der Waals surface area contributed by atoms with E-state index in [9.17, 15) is 14.9 Å². The first-order valence-electron chi connectivity index (χ1n) is 5.39. The SMILES string of the molecule is O=C(/C=C/c1ccc(Cl)c([N+](=O)[O-])c1)c1ccc(Br)s1. The zero-order chi connectivity index (χ0) is 14.7. The monoisotopic (exact) mass is 371 g/mol. The molecule has 2 aromatic rings. The first kappa shape index (κ1) is 14.9. The summed E-state index contributed by atoms with van der Waals surface area (Å²) < 4.78 is 0.872. The molecule has 1 aromatic carbocycles. The van der Waals surface area contributed by atoms with E-state index in [1.807, 2.05) is 0 Å². The number of nitrogens with zero attached hydrogens (tertiary/aromatic N) is 1. The van der Waals surface area contributed by atoms with Crippen LogP contribution in [0.3, 0.4) is 0 Å². The van der Waals surface area contributed by atoms with E-state index in [0.717, 1.165) is 3.79 Å². The van der Waals surface area contributed by atoms with E-state index in [4.69, 9.17) is 11.6 Å². The van der Waals surface area contributed by atoms with Gasteiger partial charge in [-0.2, -0.15) is 0 Å². The summed E-state index contributed by atoms with van der Waals surface area (Å²) in [6.45, 7) is 0. The lowest BCUT2D eigenvalue weighted by Gasteiger charge is -1.97. The maximum atomic E-state index is 11.9. The molecule has 0 radical (unpaired) electrons. The molecule has 0 aliphatic rings. The second-order valence-electron chi connectivity index (χ2n) is 3.77. The van der Waals surface area contributed by atoms with Crippen molar-refractivity contribution in [3.63, 3.8) is 0 Å². The number of benzene rings is 1. The number of allylic oxidation sites excluding steroid dienone is 1. The number of thiophene rings is 1. The van der Waals surface area contributed by atoms with E-state index in [-0.39, 0.29) is 16.5 Å². The molecule has 0 atom stereocenters. The minimum Gasteiger partial charge on any atom is -0.288 e. The van der Waals surface area contributed by atoms with Crippen LogP contribution in [0.1, 0.15) is 15.2 Å². The van der Waals surface area contributed by atoms with E-state index >= 15 is 0 Å². The summed E-state index contributed by atoms with van der Waals surface area (Å²) in [4.78, 5) is 22.7. The fourth-order valence-electron chi connectivity index (χ4n) is 1.47.